The normalized spacial score (nSPS) is 10.0. The molecule has 1 aromatic heterocycles. The van der Waals surface area contributed by atoms with Crippen molar-refractivity contribution in [1.29, 1.82) is 0 Å². The van der Waals surface area contributed by atoms with E-state index >= 15 is 0 Å². The Balaban J connectivity index is 3.00. The van der Waals surface area contributed by atoms with Gasteiger partial charge in [-0.2, -0.15) is 0 Å². The highest BCUT2D eigenvalue weighted by Gasteiger charge is 1.92. The molecule has 0 aliphatic rings. The molecule has 1 N–H and O–H groups in total. The van der Waals surface area contributed by atoms with Crippen molar-refractivity contribution in [3.63, 3.8) is 0 Å². The highest BCUT2D eigenvalue weighted by molar-refractivity contribution is 7.34. The lowest BCUT2D eigenvalue weighted by Crippen LogP contribution is -1.58. The van der Waals surface area contributed by atoms with Gasteiger partial charge in [0.2, 0.25) is 0 Å². The minimum atomic E-state index is -0.0174. The van der Waals surface area contributed by atoms with E-state index in [0.29, 0.717) is 5.49 Å². The van der Waals surface area contributed by atoms with Crippen molar-refractivity contribution in [1.82, 2.24) is 0 Å². The minimum Gasteiger partial charge on any atom is -0.480 e. The Morgan fingerprint density at radius 3 is 2.88 bits per heavy atom. The highest BCUT2D eigenvalue weighted by Crippen LogP contribution is 2.22. The van der Waals surface area contributed by atoms with Gasteiger partial charge in [0.15, 0.2) is 5.49 Å². The Morgan fingerprint density at radius 1 is 1.88 bits per heavy atom. The molecule has 0 aliphatic carbocycles. The van der Waals surface area contributed by atoms with E-state index in [1.54, 1.807) is 11.6 Å². The van der Waals surface area contributed by atoms with Crippen LogP contribution in [0.3, 0.4) is 0 Å². The molecule has 0 fully saturated rings. The summed E-state index contributed by atoms with van der Waals surface area (Å²) in [6.07, 6.45) is 0. The van der Waals surface area contributed by atoms with E-state index in [1.807, 2.05) is 0 Å². The lowest BCUT2D eigenvalue weighted by molar-refractivity contribution is 0.332. The van der Waals surface area contributed by atoms with E-state index in [9.17, 15) is 0 Å². The molecule has 0 aliphatic heterocycles. The van der Waals surface area contributed by atoms with Gasteiger partial charge in [0.05, 0.1) is 5.80 Å². The summed E-state index contributed by atoms with van der Waals surface area (Å²) in [5.41, 5.74) is 0.708. The summed E-state index contributed by atoms with van der Waals surface area (Å²) in [6.45, 7) is 0. The molecule has 0 spiro atoms. The van der Waals surface area contributed by atoms with Crippen molar-refractivity contribution in [2.24, 2.45) is 0 Å². The summed E-state index contributed by atoms with van der Waals surface area (Å²) < 4.78 is 4.73. The molecule has 0 saturated heterocycles. The molecule has 0 radical (unpaired) electrons. The van der Waals surface area contributed by atoms with Gasteiger partial charge < -0.3 is 9.52 Å². The van der Waals surface area contributed by atoms with Crippen LogP contribution in [0.2, 0.25) is 0 Å². The molecule has 1 rings (SSSR count). The smallest absolute Gasteiger partial charge is 0.287 e. The maximum absolute atomic E-state index is 8.60. The Labute approximate surface area is 50.5 Å². The Bertz CT molecular complexity index is 194. The first kappa shape index (κ1) is 5.81. The predicted octanol–water partition coefficient (Wildman–Crippen LogP) is 1.86. The van der Waals surface area contributed by atoms with Crippen LogP contribution in [0, 0.1) is 0 Å². The van der Waals surface area contributed by atoms with Crippen molar-refractivity contribution in [2.75, 3.05) is 0 Å². The summed E-state index contributed by atoms with van der Waals surface area (Å²) in [5.74, 6) is 3.18. The van der Waals surface area contributed by atoms with Gasteiger partial charge in [-0.15, -0.1) is 8.86 Å². The quantitative estimate of drug-likeness (QED) is 0.613. The standard InChI is InChI=1S/C4H4O2P2/c5-3-2-8-4(1-7)6-3/h1-2,5,7H. The molecule has 0 aromatic carbocycles. The third-order valence-corrected chi connectivity index (χ3v) is 1.96. The van der Waals surface area contributed by atoms with Crippen LogP contribution in [0.5, 0.6) is 5.95 Å². The molecule has 0 bridgehead atoms. The molecule has 0 amide bonds. The third-order valence-electron chi connectivity index (χ3n) is 0.635. The lowest BCUT2D eigenvalue weighted by Gasteiger charge is -1.76. The van der Waals surface area contributed by atoms with Crippen molar-refractivity contribution >= 4 is 22.9 Å². The van der Waals surface area contributed by atoms with Crippen molar-refractivity contribution in [2.45, 2.75) is 0 Å². The number of hydrogen-bond donors (Lipinski definition) is 1. The van der Waals surface area contributed by atoms with Gasteiger partial charge in [-0.25, -0.2) is 0 Å². The highest BCUT2D eigenvalue weighted by atomic mass is 31.0. The SMILES string of the molecule is Oc1cpc(C=P)o1. The topological polar surface area (TPSA) is 33.4 Å². The van der Waals surface area contributed by atoms with Gasteiger partial charge in [-0.1, -0.05) is 0 Å². The Hall–Kier alpha value is -0.320. The second kappa shape index (κ2) is 2.30. The van der Waals surface area contributed by atoms with E-state index in [-0.39, 0.29) is 5.95 Å². The summed E-state index contributed by atoms with van der Waals surface area (Å²) in [5, 5.41) is 8.60. The third kappa shape index (κ3) is 1.09. The summed E-state index contributed by atoms with van der Waals surface area (Å²) in [4.78, 5) is 0. The van der Waals surface area contributed by atoms with Crippen LogP contribution < -0.4 is 0 Å². The maximum atomic E-state index is 8.60. The van der Waals surface area contributed by atoms with Crippen molar-refractivity contribution in [3.05, 3.63) is 11.3 Å². The predicted molar refractivity (Wildman–Crippen MR) is 36.4 cm³/mol. The van der Waals surface area contributed by atoms with Gasteiger partial charge >= 0.3 is 0 Å². The zero-order valence-electron chi connectivity index (χ0n) is 3.96. The van der Waals surface area contributed by atoms with E-state index in [2.05, 4.69) is 8.86 Å². The molecule has 0 unspecified atom stereocenters. The van der Waals surface area contributed by atoms with Gasteiger partial charge in [-0.3, -0.25) is 0 Å². The van der Waals surface area contributed by atoms with Crippen LogP contribution in [0.1, 0.15) is 5.49 Å². The zero-order valence-corrected chi connectivity index (χ0v) is 5.85. The summed E-state index contributed by atoms with van der Waals surface area (Å²) in [7, 11) is 4.00. The molecule has 0 atom stereocenters. The Kier molecular flexibility index (Phi) is 1.67. The molecule has 0 saturated carbocycles. The van der Waals surface area contributed by atoms with Crippen molar-refractivity contribution in [3.8, 4) is 5.95 Å². The number of hydrogen-bond acceptors (Lipinski definition) is 2. The van der Waals surface area contributed by atoms with Crippen LogP contribution >= 0.6 is 17.1 Å². The average Bonchev–Trinajstić information content (AvgIpc) is 2.14. The molecular formula is C4H4O2P2. The summed E-state index contributed by atoms with van der Waals surface area (Å²) in [6, 6.07) is 0. The van der Waals surface area contributed by atoms with Gasteiger partial charge in [0.25, 0.3) is 5.95 Å². The average molecular weight is 146 g/mol. The first-order valence-electron chi connectivity index (χ1n) is 1.98. The van der Waals surface area contributed by atoms with Crippen LogP contribution in [0.25, 0.3) is 0 Å². The van der Waals surface area contributed by atoms with E-state index in [1.165, 1.54) is 0 Å². The first-order chi connectivity index (χ1) is 3.83. The number of rotatable bonds is 1. The fraction of sp³-hybridized carbons (Fsp3) is 0. The second-order valence-corrected chi connectivity index (χ2v) is 2.43. The van der Waals surface area contributed by atoms with Gasteiger partial charge in [0.1, 0.15) is 0 Å². The molecule has 8 heavy (non-hydrogen) atoms. The summed E-state index contributed by atoms with van der Waals surface area (Å²) >= 11 is 0. The fourth-order valence-corrected chi connectivity index (χ4v) is 1.14. The first-order valence-corrected chi connectivity index (χ1v) is 3.52. The second-order valence-electron chi connectivity index (χ2n) is 1.18. The fourth-order valence-electron chi connectivity index (χ4n) is 0.345. The van der Waals surface area contributed by atoms with Gasteiger partial charge in [0, 0.05) is 5.80 Å². The zero-order chi connectivity index (χ0) is 5.98. The molecule has 1 heterocycles. The van der Waals surface area contributed by atoms with Crippen LogP contribution in [-0.4, -0.2) is 10.9 Å². The molecule has 4 heteroatoms. The molecular weight excluding hydrogens is 142 g/mol. The molecule has 42 valence electrons. The monoisotopic (exact) mass is 146 g/mol. The molecule has 2 nitrogen and oxygen atoms in total. The van der Waals surface area contributed by atoms with Crippen molar-refractivity contribution < 1.29 is 9.52 Å². The lowest BCUT2D eigenvalue weighted by atomic mass is 10.9. The Morgan fingerprint density at radius 2 is 2.62 bits per heavy atom. The minimum absolute atomic E-state index is 0.0174. The molecule has 1 aromatic rings. The van der Waals surface area contributed by atoms with Crippen LogP contribution in [0.15, 0.2) is 10.2 Å². The maximum Gasteiger partial charge on any atom is 0.287 e. The van der Waals surface area contributed by atoms with Crippen LogP contribution in [-0.2, 0) is 0 Å². The number of aromatic hydroxyl groups is 1. The van der Waals surface area contributed by atoms with E-state index < -0.39 is 0 Å². The van der Waals surface area contributed by atoms with Crippen LogP contribution in [0.4, 0.5) is 0 Å². The van der Waals surface area contributed by atoms with Gasteiger partial charge in [-0.05, 0) is 8.19 Å². The largest absolute Gasteiger partial charge is 0.480 e. The van der Waals surface area contributed by atoms with E-state index in [0.717, 1.165) is 8.19 Å². The van der Waals surface area contributed by atoms with E-state index in [4.69, 9.17) is 9.52 Å².